The summed E-state index contributed by atoms with van der Waals surface area (Å²) >= 11 is 19.1. The summed E-state index contributed by atoms with van der Waals surface area (Å²) in [5.74, 6) is -0.516. The summed E-state index contributed by atoms with van der Waals surface area (Å²) in [6, 6.07) is 11.3. The Balaban J connectivity index is 1.32. The third-order valence-electron chi connectivity index (χ3n) is 9.51. The van der Waals surface area contributed by atoms with Crippen molar-refractivity contribution < 1.29 is 9.18 Å². The Kier molecular flexibility index (Phi) is 10.3. The third kappa shape index (κ3) is 7.15. The van der Waals surface area contributed by atoms with E-state index < -0.39 is 5.82 Å². The van der Waals surface area contributed by atoms with Crippen LogP contribution in [0.2, 0.25) is 15.1 Å². The molecule has 0 radical (unpaired) electrons. The van der Waals surface area contributed by atoms with Crippen LogP contribution in [0.5, 0.6) is 0 Å². The molecule has 3 fully saturated rings. The lowest BCUT2D eigenvalue weighted by Crippen LogP contribution is -2.52. The maximum atomic E-state index is 14.5. The lowest BCUT2D eigenvalue weighted by atomic mass is 9.73. The fraction of sp³-hybridized carbons (Fsp3) is 0.594. The molecule has 0 bridgehead atoms. The normalized spacial score (nSPS) is 23.8. The van der Waals surface area contributed by atoms with Gasteiger partial charge in [-0.05, 0) is 68.5 Å². The van der Waals surface area contributed by atoms with E-state index in [-0.39, 0.29) is 23.3 Å². The van der Waals surface area contributed by atoms with Crippen LogP contribution in [0, 0.1) is 5.82 Å². The van der Waals surface area contributed by atoms with Crippen molar-refractivity contribution in [1.29, 1.82) is 0 Å². The van der Waals surface area contributed by atoms with E-state index in [4.69, 9.17) is 34.8 Å². The van der Waals surface area contributed by atoms with Crippen molar-refractivity contribution in [2.45, 2.75) is 75.7 Å². The highest BCUT2D eigenvalue weighted by Crippen LogP contribution is 2.40. The fourth-order valence-electron chi connectivity index (χ4n) is 7.05. The number of benzene rings is 2. The SMILES string of the molecule is O=C(Cc1c(F)cccc1Cl)N1CCCC[C@](CCN2CCN(C3CCCCC3)CC2)(c2ccc(Cl)c(Cl)c2)C1. The summed E-state index contributed by atoms with van der Waals surface area (Å²) < 4.78 is 14.5. The van der Waals surface area contributed by atoms with Crippen molar-refractivity contribution in [2.24, 2.45) is 0 Å². The van der Waals surface area contributed by atoms with Crippen LogP contribution in [-0.4, -0.2) is 72.5 Å². The molecule has 1 atom stereocenters. The topological polar surface area (TPSA) is 26.8 Å². The van der Waals surface area contributed by atoms with Crippen LogP contribution in [0.4, 0.5) is 4.39 Å². The highest BCUT2D eigenvalue weighted by Gasteiger charge is 2.38. The zero-order chi connectivity index (χ0) is 28.1. The molecule has 1 saturated carbocycles. The quantitative estimate of drug-likeness (QED) is 0.324. The van der Waals surface area contributed by atoms with Gasteiger partial charge in [-0.3, -0.25) is 9.69 Å². The Bertz CT molecular complexity index is 1150. The molecule has 2 aromatic carbocycles. The van der Waals surface area contributed by atoms with Crippen molar-refractivity contribution in [3.8, 4) is 0 Å². The van der Waals surface area contributed by atoms with Crippen LogP contribution in [0.1, 0.15) is 68.9 Å². The predicted octanol–water partition coefficient (Wildman–Crippen LogP) is 7.62. The molecular weight excluding hydrogens is 568 g/mol. The second-order valence-electron chi connectivity index (χ2n) is 12.0. The molecule has 0 unspecified atom stereocenters. The summed E-state index contributed by atoms with van der Waals surface area (Å²) in [4.78, 5) is 20.8. The molecule has 40 heavy (non-hydrogen) atoms. The molecule has 8 heteroatoms. The third-order valence-corrected chi connectivity index (χ3v) is 10.6. The first kappa shape index (κ1) is 30.1. The van der Waals surface area contributed by atoms with E-state index in [0.717, 1.165) is 70.0 Å². The highest BCUT2D eigenvalue weighted by atomic mass is 35.5. The van der Waals surface area contributed by atoms with Gasteiger partial charge in [-0.2, -0.15) is 0 Å². The Morgan fingerprint density at radius 2 is 1.65 bits per heavy atom. The second-order valence-corrected chi connectivity index (χ2v) is 13.2. The molecule has 1 aliphatic carbocycles. The standard InChI is InChI=1S/C32H41Cl3FN3O/c33-27-9-6-10-30(36)26(27)22-31(40)39-15-5-4-13-32(23-39,24-11-12-28(34)29(35)21-24)14-16-37-17-19-38(20-18-37)25-7-2-1-3-8-25/h6,9-12,21,25H,1-5,7-8,13-20,22-23H2/t32-/m1/s1. The van der Waals surface area contributed by atoms with Crippen LogP contribution in [0.15, 0.2) is 36.4 Å². The summed E-state index contributed by atoms with van der Waals surface area (Å²) in [6.07, 6.45) is 10.6. The molecule has 3 aliphatic rings. The highest BCUT2D eigenvalue weighted by molar-refractivity contribution is 6.42. The minimum absolute atomic E-state index is 0.0356. The van der Waals surface area contributed by atoms with Crippen LogP contribution in [0.25, 0.3) is 0 Å². The molecule has 0 N–H and O–H groups in total. The van der Waals surface area contributed by atoms with Gasteiger partial charge in [-0.1, -0.05) is 72.6 Å². The first-order valence-corrected chi connectivity index (χ1v) is 16.1. The molecule has 218 valence electrons. The molecule has 4 nitrogen and oxygen atoms in total. The number of nitrogens with zero attached hydrogens (tertiary/aromatic N) is 3. The Hall–Kier alpha value is -1.37. The molecule has 0 aromatic heterocycles. The van der Waals surface area contributed by atoms with Crippen molar-refractivity contribution in [3.63, 3.8) is 0 Å². The maximum absolute atomic E-state index is 14.5. The van der Waals surface area contributed by atoms with Crippen LogP contribution >= 0.6 is 34.8 Å². The zero-order valence-corrected chi connectivity index (χ0v) is 25.6. The minimum Gasteiger partial charge on any atom is -0.342 e. The van der Waals surface area contributed by atoms with Gasteiger partial charge < -0.3 is 9.80 Å². The summed E-state index contributed by atoms with van der Waals surface area (Å²) in [7, 11) is 0. The van der Waals surface area contributed by atoms with Gasteiger partial charge in [0.2, 0.25) is 5.91 Å². The molecule has 2 heterocycles. The summed E-state index contributed by atoms with van der Waals surface area (Å²) in [6.45, 7) is 6.66. The molecule has 1 amide bonds. The maximum Gasteiger partial charge on any atom is 0.227 e. The van der Waals surface area contributed by atoms with Gasteiger partial charge >= 0.3 is 0 Å². The molecule has 2 saturated heterocycles. The van der Waals surface area contributed by atoms with E-state index in [0.29, 0.717) is 28.2 Å². The average molecular weight is 609 g/mol. The first-order chi connectivity index (χ1) is 19.3. The zero-order valence-electron chi connectivity index (χ0n) is 23.3. The number of carbonyl (C=O) groups excluding carboxylic acids is 1. The summed E-state index contributed by atoms with van der Waals surface area (Å²) in [5, 5.41) is 1.38. The van der Waals surface area contributed by atoms with E-state index in [1.807, 2.05) is 17.0 Å². The number of rotatable bonds is 7. The lowest BCUT2D eigenvalue weighted by Gasteiger charge is -2.43. The number of hydrogen-bond donors (Lipinski definition) is 0. The van der Waals surface area contributed by atoms with Gasteiger partial charge in [0, 0.05) is 61.3 Å². The predicted molar refractivity (Wildman–Crippen MR) is 163 cm³/mol. The lowest BCUT2D eigenvalue weighted by molar-refractivity contribution is -0.131. The molecular formula is C32H41Cl3FN3O. The van der Waals surface area contributed by atoms with Gasteiger partial charge in [0.15, 0.2) is 0 Å². The first-order valence-electron chi connectivity index (χ1n) is 15.0. The Labute approximate surface area is 253 Å². The number of halogens is 4. The number of carbonyl (C=O) groups is 1. The van der Waals surface area contributed by atoms with Gasteiger partial charge in [-0.15, -0.1) is 0 Å². The second kappa shape index (κ2) is 13.7. The molecule has 2 aromatic rings. The molecule has 0 spiro atoms. The van der Waals surface area contributed by atoms with Crippen molar-refractivity contribution in [2.75, 3.05) is 45.8 Å². The monoisotopic (exact) mass is 607 g/mol. The molecule has 2 aliphatic heterocycles. The average Bonchev–Trinajstić information content (AvgIpc) is 3.20. The van der Waals surface area contributed by atoms with Gasteiger partial charge in [0.1, 0.15) is 5.82 Å². The van der Waals surface area contributed by atoms with Gasteiger partial charge in [0.05, 0.1) is 16.5 Å². The van der Waals surface area contributed by atoms with Crippen LogP contribution < -0.4 is 0 Å². The van der Waals surface area contributed by atoms with Gasteiger partial charge in [-0.25, -0.2) is 4.39 Å². The van der Waals surface area contributed by atoms with Crippen molar-refractivity contribution >= 4 is 40.7 Å². The largest absolute Gasteiger partial charge is 0.342 e. The Morgan fingerprint density at radius 3 is 2.38 bits per heavy atom. The smallest absolute Gasteiger partial charge is 0.227 e. The minimum atomic E-state index is -0.432. The van der Waals surface area contributed by atoms with Gasteiger partial charge in [0.25, 0.3) is 0 Å². The van der Waals surface area contributed by atoms with E-state index >= 15 is 0 Å². The van der Waals surface area contributed by atoms with E-state index in [1.54, 1.807) is 12.1 Å². The van der Waals surface area contributed by atoms with E-state index in [2.05, 4.69) is 15.9 Å². The number of hydrogen-bond acceptors (Lipinski definition) is 3. The van der Waals surface area contributed by atoms with E-state index in [1.165, 1.54) is 38.2 Å². The van der Waals surface area contributed by atoms with E-state index in [9.17, 15) is 9.18 Å². The fourth-order valence-corrected chi connectivity index (χ4v) is 7.57. The number of piperazine rings is 1. The van der Waals surface area contributed by atoms with Crippen molar-refractivity contribution in [3.05, 3.63) is 68.4 Å². The summed E-state index contributed by atoms with van der Waals surface area (Å²) in [5.41, 5.74) is 1.15. The van der Waals surface area contributed by atoms with Crippen molar-refractivity contribution in [1.82, 2.24) is 14.7 Å². The van der Waals surface area contributed by atoms with Crippen LogP contribution in [0.3, 0.4) is 0 Å². The molecule has 5 rings (SSSR count). The van der Waals surface area contributed by atoms with Crippen LogP contribution in [-0.2, 0) is 16.6 Å². The Morgan fingerprint density at radius 1 is 0.875 bits per heavy atom. The number of amides is 1. The number of likely N-dealkylation sites (tertiary alicyclic amines) is 1.